The molecule has 0 unspecified atom stereocenters. The minimum absolute atomic E-state index is 0.150. The van der Waals surface area contributed by atoms with Gasteiger partial charge < -0.3 is 15.2 Å². The fourth-order valence-electron chi connectivity index (χ4n) is 3.10. The molecule has 0 spiro atoms. The summed E-state index contributed by atoms with van der Waals surface area (Å²) in [6, 6.07) is 15.2. The maximum Gasteiger partial charge on any atom is 0.221 e. The number of ether oxygens (including phenoxy) is 2. The molecule has 4 aromatic rings. The van der Waals surface area contributed by atoms with Crippen LogP contribution in [0.1, 0.15) is 11.4 Å². The van der Waals surface area contributed by atoms with E-state index in [9.17, 15) is 0 Å². The number of pyridine rings is 1. The molecule has 30 heavy (non-hydrogen) atoms. The number of rotatable bonds is 7. The SMILES string of the molecule is COCc1cccc(Cn2cc(-c3cc(-c4ccccc4OC)nc(N)n3)nn2)n1. The Bertz CT molecular complexity index is 1160. The predicted octanol–water partition coefficient (Wildman–Crippen LogP) is 2.58. The number of aromatic nitrogens is 6. The highest BCUT2D eigenvalue weighted by Gasteiger charge is 2.13. The number of para-hydroxylation sites is 1. The molecular weight excluding hydrogens is 382 g/mol. The Morgan fingerprint density at radius 3 is 2.53 bits per heavy atom. The quantitative estimate of drug-likeness (QED) is 0.501. The molecule has 0 aliphatic heterocycles. The van der Waals surface area contributed by atoms with Gasteiger partial charge in [-0.2, -0.15) is 0 Å². The van der Waals surface area contributed by atoms with Crippen molar-refractivity contribution in [1.29, 1.82) is 0 Å². The van der Waals surface area contributed by atoms with Crippen molar-refractivity contribution in [1.82, 2.24) is 29.9 Å². The lowest BCUT2D eigenvalue weighted by atomic mass is 10.1. The molecule has 0 radical (unpaired) electrons. The van der Waals surface area contributed by atoms with E-state index in [-0.39, 0.29) is 5.95 Å². The summed E-state index contributed by atoms with van der Waals surface area (Å²) in [4.78, 5) is 13.2. The van der Waals surface area contributed by atoms with E-state index >= 15 is 0 Å². The van der Waals surface area contributed by atoms with Gasteiger partial charge in [0, 0.05) is 12.7 Å². The fraction of sp³-hybridized carbons (Fsp3) is 0.190. The van der Waals surface area contributed by atoms with Crippen LogP contribution in [0.3, 0.4) is 0 Å². The van der Waals surface area contributed by atoms with Crippen molar-refractivity contribution in [2.24, 2.45) is 0 Å². The molecule has 0 bridgehead atoms. The monoisotopic (exact) mass is 403 g/mol. The van der Waals surface area contributed by atoms with E-state index in [2.05, 4.69) is 25.3 Å². The summed E-state index contributed by atoms with van der Waals surface area (Å²) in [7, 11) is 3.26. The number of hydrogen-bond acceptors (Lipinski definition) is 8. The van der Waals surface area contributed by atoms with Crippen molar-refractivity contribution in [2.45, 2.75) is 13.2 Å². The molecule has 0 saturated heterocycles. The largest absolute Gasteiger partial charge is 0.496 e. The summed E-state index contributed by atoms with van der Waals surface area (Å²) >= 11 is 0. The third-order valence-electron chi connectivity index (χ3n) is 4.41. The maximum atomic E-state index is 5.96. The van der Waals surface area contributed by atoms with Crippen molar-refractivity contribution in [3.05, 3.63) is 66.1 Å². The Labute approximate surface area is 173 Å². The number of nitrogen functional groups attached to an aromatic ring is 1. The average molecular weight is 403 g/mol. The van der Waals surface area contributed by atoms with E-state index in [1.165, 1.54) is 0 Å². The van der Waals surface area contributed by atoms with E-state index in [0.717, 1.165) is 17.0 Å². The molecule has 0 atom stereocenters. The molecule has 0 saturated carbocycles. The molecule has 4 rings (SSSR count). The number of nitrogens with zero attached hydrogens (tertiary/aromatic N) is 6. The van der Waals surface area contributed by atoms with Crippen LogP contribution in [0.2, 0.25) is 0 Å². The molecule has 2 N–H and O–H groups in total. The summed E-state index contributed by atoms with van der Waals surface area (Å²) in [6.45, 7) is 0.937. The lowest BCUT2D eigenvalue weighted by molar-refractivity contribution is 0.181. The summed E-state index contributed by atoms with van der Waals surface area (Å²) in [5, 5.41) is 8.44. The Balaban J connectivity index is 1.62. The van der Waals surface area contributed by atoms with Gasteiger partial charge in [0.2, 0.25) is 5.95 Å². The molecule has 0 amide bonds. The maximum absolute atomic E-state index is 5.96. The van der Waals surface area contributed by atoms with Gasteiger partial charge in [0.25, 0.3) is 0 Å². The molecule has 9 nitrogen and oxygen atoms in total. The van der Waals surface area contributed by atoms with Gasteiger partial charge in [0.05, 0.1) is 49.2 Å². The van der Waals surface area contributed by atoms with Crippen molar-refractivity contribution < 1.29 is 9.47 Å². The standard InChI is InChI=1S/C21H21N7O2/c1-29-13-15-7-5-6-14(23-15)11-28-12-19(26-27-28)18-10-17(24-21(22)25-18)16-8-3-4-9-20(16)30-2/h3-10,12H,11,13H2,1-2H3,(H2,22,24,25). The topological polar surface area (TPSA) is 114 Å². The zero-order chi connectivity index (χ0) is 20.9. The molecule has 0 fully saturated rings. The second kappa shape index (κ2) is 8.66. The molecule has 1 aromatic carbocycles. The lowest BCUT2D eigenvalue weighted by Crippen LogP contribution is -2.04. The molecule has 152 valence electrons. The number of nitrogens with two attached hydrogens (primary N) is 1. The fourth-order valence-corrected chi connectivity index (χ4v) is 3.10. The van der Waals surface area contributed by atoms with Crippen LogP contribution < -0.4 is 10.5 Å². The van der Waals surface area contributed by atoms with Crippen molar-refractivity contribution in [2.75, 3.05) is 20.0 Å². The van der Waals surface area contributed by atoms with Gasteiger partial charge in [-0.15, -0.1) is 5.10 Å². The van der Waals surface area contributed by atoms with Gasteiger partial charge in [-0.25, -0.2) is 14.6 Å². The third-order valence-corrected chi connectivity index (χ3v) is 4.41. The summed E-state index contributed by atoms with van der Waals surface area (Å²) in [5.41, 5.74) is 10.3. The zero-order valence-corrected chi connectivity index (χ0v) is 16.7. The van der Waals surface area contributed by atoms with Crippen LogP contribution in [-0.4, -0.2) is 44.2 Å². The van der Waals surface area contributed by atoms with Gasteiger partial charge in [-0.1, -0.05) is 23.4 Å². The summed E-state index contributed by atoms with van der Waals surface area (Å²) in [5.74, 6) is 0.851. The lowest BCUT2D eigenvalue weighted by Gasteiger charge is -2.08. The van der Waals surface area contributed by atoms with Crippen LogP contribution in [0.25, 0.3) is 22.6 Å². The van der Waals surface area contributed by atoms with Crippen LogP contribution in [-0.2, 0) is 17.9 Å². The van der Waals surface area contributed by atoms with Crippen molar-refractivity contribution >= 4 is 5.95 Å². The minimum Gasteiger partial charge on any atom is -0.496 e. The van der Waals surface area contributed by atoms with Crippen LogP contribution in [0.5, 0.6) is 5.75 Å². The van der Waals surface area contributed by atoms with Crippen LogP contribution >= 0.6 is 0 Å². The predicted molar refractivity (Wildman–Crippen MR) is 112 cm³/mol. The van der Waals surface area contributed by atoms with E-state index in [0.29, 0.717) is 36.0 Å². The van der Waals surface area contributed by atoms with E-state index in [4.69, 9.17) is 15.2 Å². The van der Waals surface area contributed by atoms with Crippen molar-refractivity contribution in [3.63, 3.8) is 0 Å². The second-order valence-corrected chi connectivity index (χ2v) is 6.55. The van der Waals surface area contributed by atoms with E-state index in [1.807, 2.05) is 48.5 Å². The first-order valence-electron chi connectivity index (χ1n) is 9.28. The molecule has 0 aliphatic carbocycles. The highest BCUT2D eigenvalue weighted by atomic mass is 16.5. The first-order chi connectivity index (χ1) is 14.7. The molecule has 3 heterocycles. The number of methoxy groups -OCH3 is 2. The smallest absolute Gasteiger partial charge is 0.221 e. The van der Waals surface area contributed by atoms with Crippen molar-refractivity contribution in [3.8, 4) is 28.4 Å². The normalized spacial score (nSPS) is 10.9. The van der Waals surface area contributed by atoms with Gasteiger partial charge in [0.1, 0.15) is 11.4 Å². The van der Waals surface area contributed by atoms with Gasteiger partial charge >= 0.3 is 0 Å². The minimum atomic E-state index is 0.150. The summed E-state index contributed by atoms with van der Waals surface area (Å²) < 4.78 is 12.3. The van der Waals surface area contributed by atoms with Gasteiger partial charge in [-0.3, -0.25) is 4.98 Å². The zero-order valence-electron chi connectivity index (χ0n) is 16.7. The Kier molecular flexibility index (Phi) is 5.62. The third kappa shape index (κ3) is 4.26. The van der Waals surface area contributed by atoms with E-state index in [1.54, 1.807) is 25.1 Å². The first kappa shape index (κ1) is 19.5. The Morgan fingerprint density at radius 2 is 1.70 bits per heavy atom. The number of anilines is 1. The Morgan fingerprint density at radius 1 is 0.900 bits per heavy atom. The van der Waals surface area contributed by atoms with Gasteiger partial charge in [0.15, 0.2) is 0 Å². The highest BCUT2D eigenvalue weighted by molar-refractivity contribution is 5.71. The molecular formula is C21H21N7O2. The number of benzene rings is 1. The average Bonchev–Trinajstić information content (AvgIpc) is 3.22. The Hall–Kier alpha value is -3.85. The summed E-state index contributed by atoms with van der Waals surface area (Å²) in [6.07, 6.45) is 1.80. The van der Waals surface area contributed by atoms with Crippen LogP contribution in [0, 0.1) is 0 Å². The van der Waals surface area contributed by atoms with Crippen LogP contribution in [0.15, 0.2) is 54.7 Å². The molecule has 9 heteroatoms. The van der Waals surface area contributed by atoms with Crippen LogP contribution in [0.4, 0.5) is 5.95 Å². The van der Waals surface area contributed by atoms with Gasteiger partial charge in [-0.05, 0) is 30.3 Å². The first-order valence-corrected chi connectivity index (χ1v) is 9.28. The highest BCUT2D eigenvalue weighted by Crippen LogP contribution is 2.30. The second-order valence-electron chi connectivity index (χ2n) is 6.55. The molecule has 0 aliphatic rings. The van der Waals surface area contributed by atoms with E-state index < -0.39 is 0 Å². The molecule has 3 aromatic heterocycles. The number of hydrogen-bond donors (Lipinski definition) is 1.